The zero-order valence-corrected chi connectivity index (χ0v) is 10.2. The predicted octanol–water partition coefficient (Wildman–Crippen LogP) is 2.53. The SMILES string of the molecule is CC(C)(C)c1cccc(F)c1S(C)(=O)=O. The van der Waals surface area contributed by atoms with Gasteiger partial charge in [0.1, 0.15) is 10.7 Å². The highest BCUT2D eigenvalue weighted by Gasteiger charge is 2.25. The molecule has 1 aromatic carbocycles. The van der Waals surface area contributed by atoms with Gasteiger partial charge < -0.3 is 0 Å². The minimum atomic E-state index is -3.52. The molecule has 0 amide bonds. The number of sulfone groups is 1. The van der Waals surface area contributed by atoms with Gasteiger partial charge in [-0.15, -0.1) is 0 Å². The quantitative estimate of drug-likeness (QED) is 0.743. The van der Waals surface area contributed by atoms with Crippen molar-refractivity contribution < 1.29 is 12.8 Å². The van der Waals surface area contributed by atoms with Crippen LogP contribution in [0.3, 0.4) is 0 Å². The summed E-state index contributed by atoms with van der Waals surface area (Å²) < 4.78 is 36.5. The van der Waals surface area contributed by atoms with Gasteiger partial charge in [0.2, 0.25) is 0 Å². The monoisotopic (exact) mass is 230 g/mol. The second kappa shape index (κ2) is 3.59. The van der Waals surface area contributed by atoms with Crippen LogP contribution in [0.2, 0.25) is 0 Å². The van der Waals surface area contributed by atoms with Crippen molar-refractivity contribution in [2.75, 3.05) is 6.26 Å². The van der Waals surface area contributed by atoms with Gasteiger partial charge in [-0.25, -0.2) is 12.8 Å². The molecule has 0 fully saturated rings. The van der Waals surface area contributed by atoms with Gasteiger partial charge in [-0.3, -0.25) is 0 Å². The number of halogens is 1. The van der Waals surface area contributed by atoms with Crippen LogP contribution in [0.25, 0.3) is 0 Å². The highest BCUT2D eigenvalue weighted by molar-refractivity contribution is 7.90. The summed E-state index contributed by atoms with van der Waals surface area (Å²) in [5.74, 6) is -0.676. The summed E-state index contributed by atoms with van der Waals surface area (Å²) in [6.45, 7) is 5.57. The Bertz CT molecular complexity index is 470. The van der Waals surface area contributed by atoms with Crippen molar-refractivity contribution in [1.29, 1.82) is 0 Å². The minimum Gasteiger partial charge on any atom is -0.224 e. The third-order valence-electron chi connectivity index (χ3n) is 2.15. The zero-order valence-electron chi connectivity index (χ0n) is 9.33. The Morgan fingerprint density at radius 2 is 1.73 bits per heavy atom. The molecule has 0 aliphatic rings. The Balaban J connectivity index is 3.63. The van der Waals surface area contributed by atoms with Crippen LogP contribution >= 0.6 is 0 Å². The molecule has 0 saturated heterocycles. The smallest absolute Gasteiger partial charge is 0.178 e. The van der Waals surface area contributed by atoms with E-state index in [9.17, 15) is 12.8 Å². The maximum Gasteiger partial charge on any atom is 0.178 e. The van der Waals surface area contributed by atoms with E-state index in [1.165, 1.54) is 12.1 Å². The lowest BCUT2D eigenvalue weighted by atomic mass is 9.87. The first kappa shape index (κ1) is 12.2. The first-order chi connectivity index (χ1) is 6.64. The molecule has 0 bridgehead atoms. The van der Waals surface area contributed by atoms with Gasteiger partial charge in [-0.05, 0) is 17.0 Å². The van der Waals surface area contributed by atoms with Crippen molar-refractivity contribution in [1.82, 2.24) is 0 Å². The van der Waals surface area contributed by atoms with E-state index in [4.69, 9.17) is 0 Å². The molecular weight excluding hydrogens is 215 g/mol. The van der Waals surface area contributed by atoms with E-state index in [0.717, 1.165) is 6.26 Å². The van der Waals surface area contributed by atoms with Crippen molar-refractivity contribution in [3.8, 4) is 0 Å². The lowest BCUT2D eigenvalue weighted by Crippen LogP contribution is -2.17. The largest absolute Gasteiger partial charge is 0.224 e. The van der Waals surface area contributed by atoms with E-state index in [2.05, 4.69) is 0 Å². The molecule has 0 aliphatic heterocycles. The molecule has 0 heterocycles. The van der Waals surface area contributed by atoms with E-state index in [1.807, 2.05) is 20.8 Å². The van der Waals surface area contributed by atoms with Crippen molar-refractivity contribution in [3.63, 3.8) is 0 Å². The highest BCUT2D eigenvalue weighted by atomic mass is 32.2. The average Bonchev–Trinajstić information content (AvgIpc) is 1.99. The molecule has 0 spiro atoms. The number of hydrogen-bond acceptors (Lipinski definition) is 2. The molecule has 0 saturated carbocycles. The first-order valence-electron chi connectivity index (χ1n) is 4.63. The van der Waals surface area contributed by atoms with Crippen molar-refractivity contribution in [2.45, 2.75) is 31.1 Å². The summed E-state index contributed by atoms with van der Waals surface area (Å²) in [4.78, 5) is -0.183. The summed E-state index contributed by atoms with van der Waals surface area (Å²) in [6.07, 6.45) is 1.03. The predicted molar refractivity (Wildman–Crippen MR) is 58.2 cm³/mol. The summed E-state index contributed by atoms with van der Waals surface area (Å²) in [5, 5.41) is 0. The van der Waals surface area contributed by atoms with Crippen LogP contribution in [-0.2, 0) is 15.3 Å². The van der Waals surface area contributed by atoms with Crippen molar-refractivity contribution in [3.05, 3.63) is 29.6 Å². The lowest BCUT2D eigenvalue weighted by Gasteiger charge is -2.22. The third kappa shape index (κ3) is 2.56. The fraction of sp³-hybridized carbons (Fsp3) is 0.455. The topological polar surface area (TPSA) is 34.1 Å². The van der Waals surface area contributed by atoms with Gasteiger partial charge in [0.25, 0.3) is 0 Å². The van der Waals surface area contributed by atoms with Crippen LogP contribution in [0.5, 0.6) is 0 Å². The van der Waals surface area contributed by atoms with E-state index in [-0.39, 0.29) is 10.3 Å². The maximum absolute atomic E-state index is 13.5. The number of rotatable bonds is 1. The Kier molecular flexibility index (Phi) is 2.92. The van der Waals surface area contributed by atoms with Crippen LogP contribution in [0.4, 0.5) is 4.39 Å². The van der Waals surface area contributed by atoms with E-state index >= 15 is 0 Å². The van der Waals surface area contributed by atoms with E-state index in [0.29, 0.717) is 5.56 Å². The summed E-state index contributed by atoms with van der Waals surface area (Å²) in [7, 11) is -3.52. The molecule has 2 nitrogen and oxygen atoms in total. The third-order valence-corrected chi connectivity index (χ3v) is 3.30. The van der Waals surface area contributed by atoms with Crippen molar-refractivity contribution >= 4 is 9.84 Å². The fourth-order valence-electron chi connectivity index (χ4n) is 1.48. The van der Waals surface area contributed by atoms with Crippen LogP contribution in [0, 0.1) is 5.82 Å². The van der Waals surface area contributed by atoms with Gasteiger partial charge in [-0.2, -0.15) is 0 Å². The molecular formula is C11H15FO2S. The van der Waals surface area contributed by atoms with Gasteiger partial charge >= 0.3 is 0 Å². The Hall–Kier alpha value is -0.900. The Morgan fingerprint density at radius 1 is 1.20 bits per heavy atom. The molecule has 0 N–H and O–H groups in total. The Labute approximate surface area is 90.0 Å². The lowest BCUT2D eigenvalue weighted by molar-refractivity contribution is 0.528. The van der Waals surface area contributed by atoms with E-state index < -0.39 is 15.7 Å². The van der Waals surface area contributed by atoms with Gasteiger partial charge in [0.05, 0.1) is 0 Å². The maximum atomic E-state index is 13.5. The standard InChI is InChI=1S/C11H15FO2S/c1-11(2,3)8-6-5-7-9(12)10(8)15(4,13)14/h5-7H,1-4H3. The molecule has 0 aromatic heterocycles. The summed E-state index contributed by atoms with van der Waals surface area (Å²) in [6, 6.07) is 4.36. The second-order valence-corrected chi connectivity index (χ2v) is 6.59. The first-order valence-corrected chi connectivity index (χ1v) is 6.52. The molecule has 0 unspecified atom stereocenters. The van der Waals surface area contributed by atoms with Crippen LogP contribution in [0.1, 0.15) is 26.3 Å². The molecule has 1 rings (SSSR count). The molecule has 1 aromatic rings. The van der Waals surface area contributed by atoms with Gasteiger partial charge in [0, 0.05) is 6.26 Å². The fourth-order valence-corrected chi connectivity index (χ4v) is 2.67. The average molecular weight is 230 g/mol. The summed E-state index contributed by atoms with van der Waals surface area (Å²) >= 11 is 0. The molecule has 15 heavy (non-hydrogen) atoms. The summed E-state index contributed by atoms with van der Waals surface area (Å²) in [5.41, 5.74) is 0.130. The van der Waals surface area contributed by atoms with Gasteiger partial charge in [-0.1, -0.05) is 32.9 Å². The molecule has 4 heteroatoms. The number of hydrogen-bond donors (Lipinski definition) is 0. The Morgan fingerprint density at radius 3 is 2.07 bits per heavy atom. The highest BCUT2D eigenvalue weighted by Crippen LogP contribution is 2.30. The van der Waals surface area contributed by atoms with Gasteiger partial charge in [0.15, 0.2) is 9.84 Å². The molecule has 0 aliphatic carbocycles. The second-order valence-electron chi connectivity index (χ2n) is 4.64. The molecule has 0 atom stereocenters. The molecule has 84 valence electrons. The van der Waals surface area contributed by atoms with Crippen LogP contribution < -0.4 is 0 Å². The molecule has 0 radical (unpaired) electrons. The normalized spacial score (nSPS) is 12.9. The minimum absolute atomic E-state index is 0.183. The zero-order chi connectivity index (χ0) is 11.9. The van der Waals surface area contributed by atoms with Crippen LogP contribution in [0.15, 0.2) is 23.1 Å². The van der Waals surface area contributed by atoms with Crippen molar-refractivity contribution in [2.24, 2.45) is 0 Å². The van der Waals surface area contributed by atoms with Crippen LogP contribution in [-0.4, -0.2) is 14.7 Å². The van der Waals surface area contributed by atoms with E-state index in [1.54, 1.807) is 6.07 Å². The number of benzene rings is 1.